The molecule has 1 aromatic carbocycles. The van der Waals surface area contributed by atoms with Crippen molar-refractivity contribution in [1.82, 2.24) is 25.1 Å². The molecule has 0 radical (unpaired) electrons. The molecule has 1 aliphatic rings. The predicted octanol–water partition coefficient (Wildman–Crippen LogP) is 2.84. The Labute approximate surface area is 170 Å². The van der Waals surface area contributed by atoms with Crippen LogP contribution in [0.2, 0.25) is 0 Å². The van der Waals surface area contributed by atoms with Crippen molar-refractivity contribution in [3.63, 3.8) is 0 Å². The van der Waals surface area contributed by atoms with E-state index in [1.54, 1.807) is 29.6 Å². The fourth-order valence-electron chi connectivity index (χ4n) is 2.78. The van der Waals surface area contributed by atoms with Crippen molar-refractivity contribution in [2.75, 3.05) is 5.32 Å². The largest absolute Gasteiger partial charge is 0.348 e. The number of nitrogens with zero attached hydrogens (tertiary/aromatic N) is 3. The number of carbonyl (C=O) groups is 2. The van der Waals surface area contributed by atoms with Gasteiger partial charge in [0.25, 0.3) is 5.91 Å². The molecule has 1 aliphatic carbocycles. The smallest absolute Gasteiger partial charge is 0.257 e. The van der Waals surface area contributed by atoms with Crippen LogP contribution >= 0.6 is 23.6 Å². The number of carbonyl (C=O) groups excluding carboxylic acids is 2. The summed E-state index contributed by atoms with van der Waals surface area (Å²) in [6, 6.07) is 9.30. The molecule has 144 valence electrons. The fraction of sp³-hybridized carbons (Fsp3) is 0.278. The molecule has 2 aromatic heterocycles. The quantitative estimate of drug-likeness (QED) is 0.516. The minimum absolute atomic E-state index is 0.131. The summed E-state index contributed by atoms with van der Waals surface area (Å²) < 4.78 is 2.56. The summed E-state index contributed by atoms with van der Waals surface area (Å²) in [6.07, 6.45) is 2.31. The third-order valence-corrected chi connectivity index (χ3v) is 5.38. The molecular weight excluding hydrogens is 396 g/mol. The Hall–Kier alpha value is -2.85. The summed E-state index contributed by atoms with van der Waals surface area (Å²) in [6.45, 7) is 0.310. The number of aromatic nitrogens is 4. The molecule has 1 fully saturated rings. The zero-order valence-electron chi connectivity index (χ0n) is 14.8. The highest BCUT2D eigenvalue weighted by Gasteiger charge is 2.27. The van der Waals surface area contributed by atoms with Crippen molar-refractivity contribution < 1.29 is 9.59 Å². The molecule has 0 saturated heterocycles. The van der Waals surface area contributed by atoms with Gasteiger partial charge in [0.2, 0.25) is 5.91 Å². The normalized spacial score (nSPS) is 13.3. The van der Waals surface area contributed by atoms with Crippen LogP contribution in [-0.2, 0) is 17.8 Å². The van der Waals surface area contributed by atoms with Crippen LogP contribution in [0.3, 0.4) is 0 Å². The van der Waals surface area contributed by atoms with Gasteiger partial charge in [-0.05, 0) is 37.2 Å². The van der Waals surface area contributed by atoms with Crippen LogP contribution in [0.4, 0.5) is 5.13 Å². The van der Waals surface area contributed by atoms with Gasteiger partial charge in [0.1, 0.15) is 0 Å². The van der Waals surface area contributed by atoms with Crippen LogP contribution in [-0.4, -0.2) is 31.6 Å². The van der Waals surface area contributed by atoms with Crippen LogP contribution < -0.4 is 10.6 Å². The Balaban J connectivity index is 1.31. The average molecular weight is 415 g/mol. The number of hydrogen-bond donors (Lipinski definition) is 3. The maximum absolute atomic E-state index is 12.2. The maximum atomic E-state index is 12.2. The molecule has 3 N–H and O–H groups in total. The van der Waals surface area contributed by atoms with Crippen LogP contribution in [0.25, 0.3) is 0 Å². The third-order valence-electron chi connectivity index (χ3n) is 4.28. The van der Waals surface area contributed by atoms with Gasteiger partial charge in [-0.1, -0.05) is 18.2 Å². The van der Waals surface area contributed by atoms with E-state index < -0.39 is 0 Å². The Kier molecular flexibility index (Phi) is 5.31. The topological polar surface area (TPSA) is 105 Å². The van der Waals surface area contributed by atoms with E-state index in [2.05, 4.69) is 25.8 Å². The summed E-state index contributed by atoms with van der Waals surface area (Å²) in [4.78, 5) is 28.7. The van der Waals surface area contributed by atoms with Crippen molar-refractivity contribution in [3.05, 3.63) is 57.6 Å². The first kappa shape index (κ1) is 18.5. The molecule has 28 heavy (non-hydrogen) atoms. The summed E-state index contributed by atoms with van der Waals surface area (Å²) in [5.74, 6) is 0.339. The minimum Gasteiger partial charge on any atom is -0.348 e. The summed E-state index contributed by atoms with van der Waals surface area (Å²) in [7, 11) is 0. The second-order valence-corrected chi connectivity index (χ2v) is 7.71. The number of benzene rings is 1. The van der Waals surface area contributed by atoms with Gasteiger partial charge in [-0.15, -0.1) is 11.3 Å². The highest BCUT2D eigenvalue weighted by Crippen LogP contribution is 2.35. The third kappa shape index (κ3) is 4.34. The molecule has 8 nitrogen and oxygen atoms in total. The number of rotatable bonds is 7. The molecule has 2 heterocycles. The highest BCUT2D eigenvalue weighted by atomic mass is 32.1. The summed E-state index contributed by atoms with van der Waals surface area (Å²) in [5, 5.41) is 14.8. The van der Waals surface area contributed by atoms with Crippen molar-refractivity contribution in [2.24, 2.45) is 0 Å². The van der Waals surface area contributed by atoms with Crippen molar-refractivity contribution in [1.29, 1.82) is 0 Å². The van der Waals surface area contributed by atoms with E-state index in [4.69, 9.17) is 12.2 Å². The molecule has 3 aromatic rings. The second-order valence-electron chi connectivity index (χ2n) is 6.46. The van der Waals surface area contributed by atoms with E-state index in [0.29, 0.717) is 33.7 Å². The number of thiazole rings is 1. The van der Waals surface area contributed by atoms with Crippen molar-refractivity contribution >= 4 is 40.5 Å². The molecule has 4 rings (SSSR count). The summed E-state index contributed by atoms with van der Waals surface area (Å²) in [5.41, 5.74) is 1.16. The SMILES string of the molecule is O=C(Cc1csc(NC(=O)c2ccccc2)n1)NCc1n[nH]c(=S)n1C1CC1. The van der Waals surface area contributed by atoms with E-state index in [0.717, 1.165) is 18.7 Å². The molecule has 1 saturated carbocycles. The van der Waals surface area contributed by atoms with Gasteiger partial charge in [-0.25, -0.2) is 4.98 Å². The van der Waals surface area contributed by atoms with Gasteiger partial charge < -0.3 is 5.32 Å². The van der Waals surface area contributed by atoms with Gasteiger partial charge in [-0.2, -0.15) is 5.10 Å². The van der Waals surface area contributed by atoms with Crippen molar-refractivity contribution in [2.45, 2.75) is 31.8 Å². The first-order chi connectivity index (χ1) is 13.6. The van der Waals surface area contributed by atoms with E-state index in [9.17, 15) is 9.59 Å². The molecule has 2 amide bonds. The zero-order chi connectivity index (χ0) is 19.5. The van der Waals surface area contributed by atoms with E-state index in [-0.39, 0.29) is 18.2 Å². The lowest BCUT2D eigenvalue weighted by molar-refractivity contribution is -0.120. The zero-order valence-corrected chi connectivity index (χ0v) is 16.5. The van der Waals surface area contributed by atoms with Crippen molar-refractivity contribution in [3.8, 4) is 0 Å². The predicted molar refractivity (Wildman–Crippen MR) is 108 cm³/mol. The number of hydrogen-bond acceptors (Lipinski definition) is 6. The molecule has 0 atom stereocenters. The van der Waals surface area contributed by atoms with Gasteiger partial charge in [0.15, 0.2) is 15.7 Å². The molecular formula is C18H18N6O2S2. The lowest BCUT2D eigenvalue weighted by Crippen LogP contribution is -2.26. The second kappa shape index (κ2) is 8.03. The lowest BCUT2D eigenvalue weighted by Gasteiger charge is -2.06. The molecule has 0 unspecified atom stereocenters. The number of nitrogens with one attached hydrogen (secondary N) is 3. The van der Waals surface area contributed by atoms with Gasteiger partial charge in [0.05, 0.1) is 18.7 Å². The molecule has 0 bridgehead atoms. The maximum Gasteiger partial charge on any atom is 0.257 e. The van der Waals surface area contributed by atoms with Gasteiger partial charge in [0, 0.05) is 17.0 Å². The Morgan fingerprint density at radius 1 is 1.29 bits per heavy atom. The monoisotopic (exact) mass is 414 g/mol. The van der Waals surface area contributed by atoms with Crippen LogP contribution in [0.1, 0.15) is 40.8 Å². The first-order valence-electron chi connectivity index (χ1n) is 8.83. The Bertz CT molecular complexity index is 1050. The van der Waals surface area contributed by atoms with E-state index >= 15 is 0 Å². The van der Waals surface area contributed by atoms with Crippen LogP contribution in [0.5, 0.6) is 0 Å². The molecule has 0 aliphatic heterocycles. The summed E-state index contributed by atoms with van der Waals surface area (Å²) >= 11 is 6.52. The van der Waals surface area contributed by atoms with Crippen LogP contribution in [0, 0.1) is 4.77 Å². The van der Waals surface area contributed by atoms with E-state index in [1.165, 1.54) is 11.3 Å². The first-order valence-corrected chi connectivity index (χ1v) is 10.1. The Morgan fingerprint density at radius 3 is 2.82 bits per heavy atom. The number of aromatic amines is 1. The van der Waals surface area contributed by atoms with Gasteiger partial charge in [-0.3, -0.25) is 24.6 Å². The highest BCUT2D eigenvalue weighted by molar-refractivity contribution is 7.71. The number of H-pyrrole nitrogens is 1. The Morgan fingerprint density at radius 2 is 2.07 bits per heavy atom. The molecule has 0 spiro atoms. The van der Waals surface area contributed by atoms with E-state index in [1.807, 2.05) is 10.6 Å². The molecule has 10 heteroatoms. The average Bonchev–Trinajstić information content (AvgIpc) is 3.33. The number of anilines is 1. The minimum atomic E-state index is -0.228. The standard InChI is InChI=1S/C18H18N6O2S2/c25-15(19-9-14-22-23-18(27)24(14)13-6-7-13)8-12-10-28-17(20-12)21-16(26)11-4-2-1-3-5-11/h1-5,10,13H,6-9H2,(H,19,25)(H,23,27)(H,20,21,26). The van der Waals surface area contributed by atoms with Crippen LogP contribution in [0.15, 0.2) is 35.7 Å². The van der Waals surface area contributed by atoms with Gasteiger partial charge >= 0.3 is 0 Å². The number of amides is 2. The fourth-order valence-corrected chi connectivity index (χ4v) is 3.79. The lowest BCUT2D eigenvalue weighted by atomic mass is 10.2.